The zero-order chi connectivity index (χ0) is 18.3. The van der Waals surface area contributed by atoms with Crippen LogP contribution < -0.4 is 11.1 Å². The van der Waals surface area contributed by atoms with E-state index < -0.39 is 12.1 Å². The molecule has 0 aliphatic carbocycles. The molecule has 0 bridgehead atoms. The van der Waals surface area contributed by atoms with E-state index in [9.17, 15) is 9.59 Å². The third-order valence-corrected chi connectivity index (χ3v) is 3.95. The number of amides is 1. The number of hydrogen-bond donors (Lipinski definition) is 2. The molecular formula is C19H31N3O2. The summed E-state index contributed by atoms with van der Waals surface area (Å²) in [5, 5.41) is 2.89. The Kier molecular flexibility index (Phi) is 7.58. The molecule has 1 aromatic rings. The number of carbonyl (C=O) groups is 2. The fourth-order valence-corrected chi connectivity index (χ4v) is 2.28. The van der Waals surface area contributed by atoms with Gasteiger partial charge in [0.2, 0.25) is 5.91 Å². The Hall–Kier alpha value is -1.72. The summed E-state index contributed by atoms with van der Waals surface area (Å²) in [5.41, 5.74) is 7.13. The lowest BCUT2D eigenvalue weighted by atomic mass is 9.97. The van der Waals surface area contributed by atoms with Crippen LogP contribution in [0.25, 0.3) is 0 Å². The third-order valence-electron chi connectivity index (χ3n) is 3.95. The lowest BCUT2D eigenvalue weighted by Crippen LogP contribution is -2.49. The standard InChI is InChI=1S/C19H31N3O2/c1-14(22(5)12-17(23)21-13-19(2,3)4)18(24)16(20)11-15-9-7-6-8-10-15/h6-10,14,16H,11-13,20H2,1-5H3,(H,21,23)/t14?,16-/m1/s1. The molecule has 1 rings (SSSR count). The highest BCUT2D eigenvalue weighted by Crippen LogP contribution is 2.10. The average Bonchev–Trinajstić information content (AvgIpc) is 2.51. The smallest absolute Gasteiger partial charge is 0.234 e. The average molecular weight is 333 g/mol. The van der Waals surface area contributed by atoms with Gasteiger partial charge in [-0.2, -0.15) is 0 Å². The SMILES string of the molecule is CC(C(=O)[C@H](N)Cc1ccccc1)N(C)CC(=O)NCC(C)(C)C. The van der Waals surface area contributed by atoms with E-state index in [1.54, 1.807) is 18.9 Å². The second kappa shape index (κ2) is 8.94. The molecule has 0 heterocycles. The van der Waals surface area contributed by atoms with Gasteiger partial charge in [-0.15, -0.1) is 0 Å². The van der Waals surface area contributed by atoms with Crippen molar-refractivity contribution >= 4 is 11.7 Å². The number of nitrogens with one attached hydrogen (secondary N) is 1. The van der Waals surface area contributed by atoms with Crippen molar-refractivity contribution in [3.05, 3.63) is 35.9 Å². The third kappa shape index (κ3) is 7.23. The van der Waals surface area contributed by atoms with E-state index in [2.05, 4.69) is 26.1 Å². The normalized spacial score (nSPS) is 14.3. The van der Waals surface area contributed by atoms with Crippen LogP contribution in [0.5, 0.6) is 0 Å². The molecule has 0 aromatic heterocycles. The Morgan fingerprint density at radius 2 is 1.79 bits per heavy atom. The molecule has 5 heteroatoms. The number of benzene rings is 1. The van der Waals surface area contributed by atoms with Crippen molar-refractivity contribution in [2.75, 3.05) is 20.1 Å². The van der Waals surface area contributed by atoms with E-state index in [0.29, 0.717) is 13.0 Å². The number of rotatable bonds is 8. The van der Waals surface area contributed by atoms with E-state index >= 15 is 0 Å². The van der Waals surface area contributed by atoms with Gasteiger partial charge in [0, 0.05) is 6.54 Å². The first-order chi connectivity index (χ1) is 11.1. The number of hydrogen-bond acceptors (Lipinski definition) is 4. The van der Waals surface area contributed by atoms with Gasteiger partial charge in [-0.3, -0.25) is 14.5 Å². The molecule has 1 aromatic carbocycles. The van der Waals surface area contributed by atoms with Crippen LogP contribution in [0.4, 0.5) is 0 Å². The van der Waals surface area contributed by atoms with Crippen LogP contribution in [-0.2, 0) is 16.0 Å². The Labute approximate surface area is 145 Å². The molecule has 1 amide bonds. The second-order valence-electron chi connectivity index (χ2n) is 7.63. The summed E-state index contributed by atoms with van der Waals surface area (Å²) in [5.74, 6) is -0.131. The molecule has 2 atom stereocenters. The maximum absolute atomic E-state index is 12.5. The Morgan fingerprint density at radius 1 is 1.21 bits per heavy atom. The highest BCUT2D eigenvalue weighted by Gasteiger charge is 2.25. The van der Waals surface area contributed by atoms with Gasteiger partial charge >= 0.3 is 0 Å². The van der Waals surface area contributed by atoms with E-state index in [1.165, 1.54) is 0 Å². The minimum atomic E-state index is -0.567. The number of Topliss-reactive ketones (excluding diaryl/α,β-unsaturated/α-hetero) is 1. The number of nitrogens with zero attached hydrogens (tertiary/aromatic N) is 1. The molecule has 24 heavy (non-hydrogen) atoms. The van der Waals surface area contributed by atoms with Crippen molar-refractivity contribution in [2.24, 2.45) is 11.1 Å². The number of ketones is 1. The molecule has 0 saturated carbocycles. The predicted molar refractivity (Wildman–Crippen MR) is 97.7 cm³/mol. The van der Waals surface area contributed by atoms with Gasteiger partial charge in [0.15, 0.2) is 5.78 Å². The summed E-state index contributed by atoms with van der Waals surface area (Å²) in [7, 11) is 1.77. The molecule has 0 aliphatic heterocycles. The van der Waals surface area contributed by atoms with Crippen molar-refractivity contribution in [2.45, 2.75) is 46.2 Å². The summed E-state index contributed by atoms with van der Waals surface area (Å²) < 4.78 is 0. The molecule has 0 aliphatic rings. The lowest BCUT2D eigenvalue weighted by Gasteiger charge is -2.26. The predicted octanol–water partition coefficient (Wildman–Crippen LogP) is 1.61. The van der Waals surface area contributed by atoms with Crippen LogP contribution in [0.1, 0.15) is 33.3 Å². The molecule has 134 valence electrons. The highest BCUT2D eigenvalue weighted by atomic mass is 16.2. The monoisotopic (exact) mass is 333 g/mol. The second-order valence-corrected chi connectivity index (χ2v) is 7.63. The van der Waals surface area contributed by atoms with Crippen LogP contribution >= 0.6 is 0 Å². The number of carbonyl (C=O) groups excluding carboxylic acids is 2. The fourth-order valence-electron chi connectivity index (χ4n) is 2.28. The molecule has 0 saturated heterocycles. The van der Waals surface area contributed by atoms with Crippen LogP contribution in [0, 0.1) is 5.41 Å². The molecule has 0 spiro atoms. The van der Waals surface area contributed by atoms with Gasteiger partial charge in [-0.1, -0.05) is 51.1 Å². The molecule has 3 N–H and O–H groups in total. The van der Waals surface area contributed by atoms with Crippen LogP contribution in [-0.4, -0.2) is 48.8 Å². The summed E-state index contributed by atoms with van der Waals surface area (Å²) in [4.78, 5) is 26.2. The Bertz CT molecular complexity index is 537. The van der Waals surface area contributed by atoms with Gasteiger partial charge in [0.1, 0.15) is 0 Å². The van der Waals surface area contributed by atoms with Gasteiger partial charge in [-0.05, 0) is 31.4 Å². The lowest BCUT2D eigenvalue weighted by molar-refractivity contribution is -0.127. The van der Waals surface area contributed by atoms with Crippen molar-refractivity contribution < 1.29 is 9.59 Å². The summed E-state index contributed by atoms with van der Waals surface area (Å²) in [6, 6.07) is 8.75. The summed E-state index contributed by atoms with van der Waals surface area (Å²) >= 11 is 0. The molecule has 5 nitrogen and oxygen atoms in total. The van der Waals surface area contributed by atoms with Crippen molar-refractivity contribution in [3.8, 4) is 0 Å². The highest BCUT2D eigenvalue weighted by molar-refractivity contribution is 5.89. The zero-order valence-corrected chi connectivity index (χ0v) is 15.5. The molecule has 1 unspecified atom stereocenters. The first-order valence-corrected chi connectivity index (χ1v) is 8.40. The molecular weight excluding hydrogens is 302 g/mol. The largest absolute Gasteiger partial charge is 0.354 e. The van der Waals surface area contributed by atoms with Crippen molar-refractivity contribution in [1.82, 2.24) is 10.2 Å². The first kappa shape index (κ1) is 20.3. The van der Waals surface area contributed by atoms with Crippen molar-refractivity contribution in [3.63, 3.8) is 0 Å². The van der Waals surface area contributed by atoms with E-state index in [-0.39, 0.29) is 23.7 Å². The Balaban J connectivity index is 2.50. The Morgan fingerprint density at radius 3 is 2.33 bits per heavy atom. The van der Waals surface area contributed by atoms with E-state index in [1.807, 2.05) is 30.3 Å². The van der Waals surface area contributed by atoms with E-state index in [0.717, 1.165) is 5.56 Å². The van der Waals surface area contributed by atoms with Gasteiger partial charge in [-0.25, -0.2) is 0 Å². The van der Waals surface area contributed by atoms with Gasteiger partial charge < -0.3 is 11.1 Å². The maximum Gasteiger partial charge on any atom is 0.234 e. The minimum absolute atomic E-state index is 0.0354. The van der Waals surface area contributed by atoms with Crippen LogP contribution in [0.2, 0.25) is 0 Å². The molecule has 0 radical (unpaired) electrons. The zero-order valence-electron chi connectivity index (χ0n) is 15.5. The minimum Gasteiger partial charge on any atom is -0.354 e. The van der Waals surface area contributed by atoms with Gasteiger partial charge in [0.25, 0.3) is 0 Å². The van der Waals surface area contributed by atoms with E-state index in [4.69, 9.17) is 5.73 Å². The number of nitrogens with two attached hydrogens (primary N) is 1. The molecule has 0 fully saturated rings. The summed E-state index contributed by atoms with van der Waals surface area (Å²) in [6.07, 6.45) is 0.508. The van der Waals surface area contributed by atoms with Crippen molar-refractivity contribution in [1.29, 1.82) is 0 Å². The van der Waals surface area contributed by atoms with Crippen LogP contribution in [0.15, 0.2) is 30.3 Å². The topological polar surface area (TPSA) is 75.4 Å². The summed E-state index contributed by atoms with van der Waals surface area (Å²) in [6.45, 7) is 8.77. The number of likely N-dealkylation sites (N-methyl/N-ethyl adjacent to an activating group) is 1. The maximum atomic E-state index is 12.5. The first-order valence-electron chi connectivity index (χ1n) is 8.40. The van der Waals surface area contributed by atoms with Crippen LogP contribution in [0.3, 0.4) is 0 Å². The quantitative estimate of drug-likeness (QED) is 0.758. The fraction of sp³-hybridized carbons (Fsp3) is 0.579. The van der Waals surface area contributed by atoms with Gasteiger partial charge in [0.05, 0.1) is 18.6 Å².